The molecule has 0 unspecified atom stereocenters. The maximum absolute atomic E-state index is 14.7. The van der Waals surface area contributed by atoms with Gasteiger partial charge in [-0.1, -0.05) is 20.8 Å². The largest absolute Gasteiger partial charge is 0.333 e. The fraction of sp³-hybridized carbons (Fsp3) is 0.308. The lowest BCUT2D eigenvalue weighted by atomic mass is 10.0. The van der Waals surface area contributed by atoms with E-state index in [1.807, 2.05) is 13.0 Å². The Morgan fingerprint density at radius 3 is 2.61 bits per heavy atom. The molecular weight excluding hydrogens is 479 g/mol. The summed E-state index contributed by atoms with van der Waals surface area (Å²) in [6.45, 7) is 8.89. The van der Waals surface area contributed by atoms with Crippen LogP contribution in [0.2, 0.25) is 0 Å². The van der Waals surface area contributed by atoms with Crippen LogP contribution in [0.15, 0.2) is 47.7 Å². The first-order valence-corrected chi connectivity index (χ1v) is 12.6. The van der Waals surface area contributed by atoms with Crippen molar-refractivity contribution in [1.82, 2.24) is 19.3 Å². The number of nitrogens with one attached hydrogen (secondary N) is 2. The molecule has 8 nitrogen and oxygen atoms in total. The fourth-order valence-electron chi connectivity index (χ4n) is 3.85. The average Bonchev–Trinajstić information content (AvgIpc) is 3.50. The van der Waals surface area contributed by atoms with Crippen molar-refractivity contribution < 1.29 is 9.18 Å². The number of benzene rings is 1. The molecule has 3 aromatic heterocycles. The van der Waals surface area contributed by atoms with Crippen LogP contribution in [0.4, 0.5) is 21.6 Å². The summed E-state index contributed by atoms with van der Waals surface area (Å²) in [5.41, 5.74) is 2.51. The van der Waals surface area contributed by atoms with Gasteiger partial charge in [0.15, 0.2) is 5.82 Å². The number of aryl methyl sites for hydroxylation is 3. The second kappa shape index (κ2) is 10.4. The van der Waals surface area contributed by atoms with Crippen molar-refractivity contribution in [3.63, 3.8) is 0 Å². The van der Waals surface area contributed by atoms with Gasteiger partial charge in [-0.25, -0.2) is 9.37 Å². The van der Waals surface area contributed by atoms with Gasteiger partial charge in [0.2, 0.25) is 0 Å². The van der Waals surface area contributed by atoms with E-state index in [2.05, 4.69) is 41.5 Å². The van der Waals surface area contributed by atoms with Gasteiger partial charge in [0, 0.05) is 36.4 Å². The lowest BCUT2D eigenvalue weighted by molar-refractivity contribution is 0.103. The first kappa shape index (κ1) is 25.3. The van der Waals surface area contributed by atoms with Gasteiger partial charge < -0.3 is 15.2 Å². The lowest BCUT2D eigenvalue weighted by Gasteiger charge is -2.11. The Hall–Kier alpha value is -3.79. The summed E-state index contributed by atoms with van der Waals surface area (Å²) in [7, 11) is 1.62. The summed E-state index contributed by atoms with van der Waals surface area (Å²) in [6, 6.07) is 6.25. The van der Waals surface area contributed by atoms with Crippen molar-refractivity contribution in [1.29, 1.82) is 0 Å². The van der Waals surface area contributed by atoms with Crippen LogP contribution in [0.3, 0.4) is 0 Å². The number of rotatable bonds is 8. The number of thiophene rings is 1. The zero-order valence-electron chi connectivity index (χ0n) is 20.9. The number of hydrogen-bond acceptors (Lipinski definition) is 6. The van der Waals surface area contributed by atoms with Crippen LogP contribution in [0.5, 0.6) is 0 Å². The van der Waals surface area contributed by atoms with E-state index in [9.17, 15) is 14.0 Å². The van der Waals surface area contributed by atoms with Gasteiger partial charge in [0.1, 0.15) is 5.82 Å². The van der Waals surface area contributed by atoms with Crippen molar-refractivity contribution in [3.05, 3.63) is 74.3 Å². The predicted molar refractivity (Wildman–Crippen MR) is 142 cm³/mol. The van der Waals surface area contributed by atoms with Gasteiger partial charge in [-0.2, -0.15) is 5.10 Å². The summed E-state index contributed by atoms with van der Waals surface area (Å²) in [4.78, 5) is 31.8. The Bertz CT molecular complexity index is 1470. The Kier molecular flexibility index (Phi) is 7.35. The molecule has 0 aliphatic rings. The molecule has 1 aromatic carbocycles. The number of anilines is 3. The Labute approximate surface area is 212 Å². The van der Waals surface area contributed by atoms with Crippen LogP contribution in [0.1, 0.15) is 53.7 Å². The molecule has 3 heterocycles. The zero-order chi connectivity index (χ0) is 26.0. The molecular formula is C26H29FN6O2S. The molecule has 0 bridgehead atoms. The van der Waals surface area contributed by atoms with Crippen molar-refractivity contribution in [2.75, 3.05) is 10.6 Å². The second-order valence-electron chi connectivity index (χ2n) is 8.75. The molecule has 0 atom stereocenters. The highest BCUT2D eigenvalue weighted by molar-refractivity contribution is 7.14. The van der Waals surface area contributed by atoms with Crippen molar-refractivity contribution in [2.45, 2.75) is 46.6 Å². The smallest absolute Gasteiger partial charge is 0.293 e. The molecule has 1 amide bonds. The molecule has 36 heavy (non-hydrogen) atoms. The van der Waals surface area contributed by atoms with E-state index in [1.54, 1.807) is 36.4 Å². The number of carbonyl (C=O) groups excluding carboxylic acids is 1. The topological polar surface area (TPSA) is 93.8 Å². The maximum atomic E-state index is 14.7. The van der Waals surface area contributed by atoms with E-state index in [4.69, 9.17) is 0 Å². The molecule has 0 aliphatic heterocycles. The SMILES string of the molecule is CCc1sc(C(=O)Nc2cc(-c3cn(C)c(=O)c(Nc4cnn(CC)c4)n3)ccc2F)cc1C(C)C. The zero-order valence-corrected chi connectivity index (χ0v) is 21.7. The van der Waals surface area contributed by atoms with Gasteiger partial charge in [0.25, 0.3) is 11.5 Å². The van der Waals surface area contributed by atoms with E-state index >= 15 is 0 Å². The molecule has 2 N–H and O–H groups in total. The molecule has 0 spiro atoms. The van der Waals surface area contributed by atoms with Crippen molar-refractivity contribution in [3.8, 4) is 11.3 Å². The van der Waals surface area contributed by atoms with Crippen molar-refractivity contribution in [2.24, 2.45) is 7.05 Å². The van der Waals surface area contributed by atoms with Crippen LogP contribution in [-0.4, -0.2) is 25.2 Å². The van der Waals surface area contributed by atoms with E-state index in [1.165, 1.54) is 28.0 Å². The molecule has 4 rings (SSSR count). The Balaban J connectivity index is 1.63. The third kappa shape index (κ3) is 5.23. The maximum Gasteiger partial charge on any atom is 0.293 e. The molecule has 0 saturated heterocycles. The molecule has 4 aromatic rings. The fourth-order valence-corrected chi connectivity index (χ4v) is 5.00. The van der Waals surface area contributed by atoms with E-state index in [0.29, 0.717) is 34.3 Å². The minimum Gasteiger partial charge on any atom is -0.333 e. The number of hydrogen-bond donors (Lipinski definition) is 2. The number of carbonyl (C=O) groups is 1. The van der Waals surface area contributed by atoms with E-state index < -0.39 is 5.82 Å². The van der Waals surface area contributed by atoms with Gasteiger partial charge in [-0.3, -0.25) is 14.3 Å². The normalized spacial score (nSPS) is 11.2. The molecule has 0 radical (unpaired) electrons. The van der Waals surface area contributed by atoms with Gasteiger partial charge >= 0.3 is 0 Å². The third-order valence-corrected chi connectivity index (χ3v) is 7.10. The highest BCUT2D eigenvalue weighted by Crippen LogP contribution is 2.30. The first-order valence-electron chi connectivity index (χ1n) is 11.8. The standard InChI is InChI=1S/C26H29FN6O2S/c1-6-22-18(15(3)4)11-23(36-22)25(34)31-20-10-16(8-9-19(20)27)21-14-32(5)26(35)24(30-21)29-17-12-28-33(7-2)13-17/h8-15H,6-7H2,1-5H3,(H,29,30)(H,31,34). The summed E-state index contributed by atoms with van der Waals surface area (Å²) in [5.74, 6) is -0.500. The number of aromatic nitrogens is 4. The Morgan fingerprint density at radius 1 is 1.19 bits per heavy atom. The van der Waals surface area contributed by atoms with Gasteiger partial charge in [-0.05, 0) is 49.1 Å². The van der Waals surface area contributed by atoms with Crippen LogP contribution in [0.25, 0.3) is 11.3 Å². The molecule has 0 fully saturated rings. The van der Waals surface area contributed by atoms with Gasteiger partial charge in [0.05, 0.1) is 28.1 Å². The quantitative estimate of drug-likeness (QED) is 0.326. The molecule has 0 aliphatic carbocycles. The van der Waals surface area contributed by atoms with Crippen molar-refractivity contribution >= 4 is 34.4 Å². The molecule has 0 saturated carbocycles. The molecule has 188 valence electrons. The second-order valence-corrected chi connectivity index (χ2v) is 9.88. The number of nitrogens with zero attached hydrogens (tertiary/aromatic N) is 4. The number of amides is 1. The first-order chi connectivity index (χ1) is 17.2. The Morgan fingerprint density at radius 2 is 1.97 bits per heavy atom. The van der Waals surface area contributed by atoms with E-state index in [0.717, 1.165) is 16.9 Å². The van der Waals surface area contributed by atoms with Crippen LogP contribution >= 0.6 is 11.3 Å². The highest BCUT2D eigenvalue weighted by atomic mass is 32.1. The number of halogens is 1. The van der Waals surface area contributed by atoms with Crippen LogP contribution in [0, 0.1) is 5.82 Å². The minimum absolute atomic E-state index is 0.0458. The minimum atomic E-state index is -0.557. The summed E-state index contributed by atoms with van der Waals surface area (Å²) < 4.78 is 17.8. The van der Waals surface area contributed by atoms with Gasteiger partial charge in [-0.15, -0.1) is 11.3 Å². The summed E-state index contributed by atoms with van der Waals surface area (Å²) in [5, 5.41) is 9.91. The lowest BCUT2D eigenvalue weighted by Crippen LogP contribution is -2.21. The summed E-state index contributed by atoms with van der Waals surface area (Å²) >= 11 is 1.43. The monoisotopic (exact) mass is 508 g/mol. The van der Waals surface area contributed by atoms with E-state index in [-0.39, 0.29) is 23.0 Å². The highest BCUT2D eigenvalue weighted by Gasteiger charge is 2.18. The average molecular weight is 509 g/mol. The molecule has 10 heteroatoms. The predicted octanol–water partition coefficient (Wildman–Crippen LogP) is 5.55. The third-order valence-electron chi connectivity index (χ3n) is 5.81. The summed E-state index contributed by atoms with van der Waals surface area (Å²) in [6.07, 6.45) is 5.80. The van der Waals surface area contributed by atoms with Crippen LogP contribution < -0.4 is 16.2 Å². The van der Waals surface area contributed by atoms with Crippen LogP contribution in [-0.2, 0) is 20.0 Å².